The van der Waals surface area contributed by atoms with E-state index in [2.05, 4.69) is 0 Å². The van der Waals surface area contributed by atoms with Crippen molar-refractivity contribution in [2.45, 2.75) is 38.8 Å². The number of ether oxygens (including phenoxy) is 1. The number of halogens is 4. The maximum absolute atomic E-state index is 13.8. The van der Waals surface area contributed by atoms with Gasteiger partial charge in [0.05, 0.1) is 5.56 Å². The molecule has 1 aromatic rings. The van der Waals surface area contributed by atoms with Crippen LogP contribution in [0.2, 0.25) is 0 Å². The summed E-state index contributed by atoms with van der Waals surface area (Å²) < 4.78 is 58.9. The molecule has 1 atom stereocenters. The first-order valence-corrected chi connectivity index (χ1v) is 6.22. The summed E-state index contributed by atoms with van der Waals surface area (Å²) >= 11 is 0. The number of carbonyl (C=O) groups excluding carboxylic acids is 2. The lowest BCUT2D eigenvalue weighted by molar-refractivity contribution is -0.113. The van der Waals surface area contributed by atoms with Crippen molar-refractivity contribution in [2.24, 2.45) is 0 Å². The third-order valence-corrected chi connectivity index (χ3v) is 2.63. The van der Waals surface area contributed by atoms with Crippen molar-refractivity contribution in [2.75, 3.05) is 0 Å². The zero-order chi connectivity index (χ0) is 17.3. The first kappa shape index (κ1) is 17.9. The average Bonchev–Trinajstić information content (AvgIpc) is 2.34. The molecule has 0 spiro atoms. The molecule has 1 N–H and O–H groups in total. The minimum absolute atomic E-state index is 0.00681. The van der Waals surface area contributed by atoms with Gasteiger partial charge in [-0.15, -0.1) is 0 Å². The third kappa shape index (κ3) is 3.75. The van der Waals surface area contributed by atoms with Crippen molar-refractivity contribution in [1.82, 2.24) is 5.32 Å². The molecule has 122 valence electrons. The standard InChI is InChI=1S/C14H15F4NO3/c1-13(2,3)22-12(21)19-14(4,6-20)9-10(17)7(15)5-8(16)11(9)18/h5-6H,1-4H3,(H,19,21). The molecule has 0 saturated heterocycles. The van der Waals surface area contributed by atoms with Crippen LogP contribution in [0.25, 0.3) is 0 Å². The second kappa shape index (κ2) is 5.94. The number of aldehydes is 1. The minimum atomic E-state index is -2.35. The van der Waals surface area contributed by atoms with Gasteiger partial charge < -0.3 is 14.8 Å². The quantitative estimate of drug-likeness (QED) is 0.528. The number of rotatable bonds is 3. The van der Waals surface area contributed by atoms with Crippen LogP contribution in [0.5, 0.6) is 0 Å². The molecule has 22 heavy (non-hydrogen) atoms. The fourth-order valence-electron chi connectivity index (χ4n) is 1.70. The molecule has 4 nitrogen and oxygen atoms in total. The zero-order valence-corrected chi connectivity index (χ0v) is 12.4. The predicted molar refractivity (Wildman–Crippen MR) is 69.1 cm³/mol. The van der Waals surface area contributed by atoms with Crippen molar-refractivity contribution in [3.63, 3.8) is 0 Å². The van der Waals surface area contributed by atoms with Crippen LogP contribution in [0, 0.1) is 23.3 Å². The lowest BCUT2D eigenvalue weighted by Crippen LogP contribution is -2.48. The molecule has 0 saturated carbocycles. The minimum Gasteiger partial charge on any atom is -0.444 e. The Balaban J connectivity index is 3.31. The van der Waals surface area contributed by atoms with Crippen molar-refractivity contribution in [1.29, 1.82) is 0 Å². The van der Waals surface area contributed by atoms with Gasteiger partial charge in [0.25, 0.3) is 0 Å². The van der Waals surface area contributed by atoms with Gasteiger partial charge in [-0.2, -0.15) is 0 Å². The van der Waals surface area contributed by atoms with Crippen molar-refractivity contribution in [3.8, 4) is 0 Å². The average molecular weight is 321 g/mol. The highest BCUT2D eigenvalue weighted by atomic mass is 19.2. The highest BCUT2D eigenvalue weighted by Gasteiger charge is 2.38. The summed E-state index contributed by atoms with van der Waals surface area (Å²) in [5.41, 5.74) is -4.54. The first-order valence-electron chi connectivity index (χ1n) is 6.22. The van der Waals surface area contributed by atoms with Crippen LogP contribution in [-0.4, -0.2) is 18.0 Å². The molecule has 0 bridgehead atoms. The topological polar surface area (TPSA) is 55.4 Å². The summed E-state index contributed by atoms with van der Waals surface area (Å²) in [6, 6.07) is 0.00681. The van der Waals surface area contributed by atoms with Gasteiger partial charge in [0.15, 0.2) is 23.3 Å². The Bertz CT molecular complexity index is 587. The highest BCUT2D eigenvalue weighted by molar-refractivity contribution is 5.78. The van der Waals surface area contributed by atoms with Crippen molar-refractivity contribution in [3.05, 3.63) is 34.9 Å². The van der Waals surface area contributed by atoms with E-state index < -0.39 is 46.1 Å². The molecule has 1 rings (SSSR count). The Morgan fingerprint density at radius 1 is 1.09 bits per heavy atom. The number of hydrogen-bond acceptors (Lipinski definition) is 3. The van der Waals surface area contributed by atoms with Crippen molar-refractivity contribution < 1.29 is 31.9 Å². The molecule has 0 aliphatic heterocycles. The molecule has 0 aromatic heterocycles. The van der Waals surface area contributed by atoms with Gasteiger partial charge in [0.1, 0.15) is 17.4 Å². The van der Waals surface area contributed by atoms with Crippen LogP contribution < -0.4 is 5.32 Å². The van der Waals surface area contributed by atoms with E-state index in [4.69, 9.17) is 4.74 Å². The highest BCUT2D eigenvalue weighted by Crippen LogP contribution is 2.28. The molecule has 0 heterocycles. The Labute approximate surface area is 124 Å². The number of benzene rings is 1. The van der Waals surface area contributed by atoms with Crippen molar-refractivity contribution >= 4 is 12.4 Å². The van der Waals surface area contributed by atoms with Gasteiger partial charge in [-0.25, -0.2) is 22.4 Å². The number of alkyl carbamates (subject to hydrolysis) is 1. The molecular weight excluding hydrogens is 306 g/mol. The monoisotopic (exact) mass is 321 g/mol. The normalized spacial score (nSPS) is 14.2. The maximum atomic E-state index is 13.8. The summed E-state index contributed by atoms with van der Waals surface area (Å²) in [6.07, 6.45) is -1.22. The van der Waals surface area contributed by atoms with E-state index >= 15 is 0 Å². The Morgan fingerprint density at radius 3 is 1.91 bits per heavy atom. The van der Waals surface area contributed by atoms with Gasteiger partial charge in [-0.1, -0.05) is 0 Å². The molecule has 8 heteroatoms. The van der Waals surface area contributed by atoms with E-state index in [1.165, 1.54) is 20.8 Å². The summed E-state index contributed by atoms with van der Waals surface area (Å²) in [7, 11) is 0. The smallest absolute Gasteiger partial charge is 0.408 e. The van der Waals surface area contributed by atoms with Gasteiger partial charge in [0, 0.05) is 6.07 Å². The van der Waals surface area contributed by atoms with Crippen LogP contribution in [0.15, 0.2) is 6.07 Å². The number of carbonyl (C=O) groups is 2. The molecule has 1 unspecified atom stereocenters. The number of nitrogens with one attached hydrogen (secondary N) is 1. The van der Waals surface area contributed by atoms with Gasteiger partial charge in [-0.3, -0.25) is 0 Å². The molecule has 0 fully saturated rings. The summed E-state index contributed by atoms with van der Waals surface area (Å²) in [5.74, 6) is -6.92. The second-order valence-electron chi connectivity index (χ2n) is 5.79. The molecular formula is C14H15F4NO3. The van der Waals surface area contributed by atoms with Gasteiger partial charge in [0.2, 0.25) is 0 Å². The number of amides is 1. The Hall–Kier alpha value is -2.12. The molecule has 1 aromatic carbocycles. The van der Waals surface area contributed by atoms with E-state index in [0.717, 1.165) is 6.92 Å². The SMILES string of the molecule is CC(C)(C)OC(=O)NC(C)(C=O)c1c(F)c(F)cc(F)c1F. The summed E-state index contributed by atoms with van der Waals surface area (Å²) in [5, 5.41) is 1.91. The lowest BCUT2D eigenvalue weighted by Gasteiger charge is -2.28. The summed E-state index contributed by atoms with van der Waals surface area (Å²) in [4.78, 5) is 22.9. The third-order valence-electron chi connectivity index (χ3n) is 2.63. The maximum Gasteiger partial charge on any atom is 0.408 e. The molecule has 0 aliphatic rings. The van der Waals surface area contributed by atoms with Crippen LogP contribution in [0.4, 0.5) is 22.4 Å². The molecule has 0 radical (unpaired) electrons. The largest absolute Gasteiger partial charge is 0.444 e. The Kier molecular flexibility index (Phi) is 4.84. The fraction of sp³-hybridized carbons (Fsp3) is 0.429. The van der Waals surface area contributed by atoms with Crippen LogP contribution in [-0.2, 0) is 15.1 Å². The second-order valence-corrected chi connectivity index (χ2v) is 5.79. The first-order chi connectivity index (χ1) is 9.91. The predicted octanol–water partition coefficient (Wildman–Crippen LogP) is 3.18. The van der Waals surface area contributed by atoms with Crippen LogP contribution >= 0.6 is 0 Å². The van der Waals surface area contributed by atoms with Gasteiger partial charge >= 0.3 is 6.09 Å². The van der Waals surface area contributed by atoms with E-state index in [-0.39, 0.29) is 12.4 Å². The zero-order valence-electron chi connectivity index (χ0n) is 12.4. The molecule has 1 amide bonds. The summed E-state index contributed by atoms with van der Waals surface area (Å²) in [6.45, 7) is 5.46. The van der Waals surface area contributed by atoms with E-state index in [1.807, 2.05) is 5.32 Å². The molecule has 0 aliphatic carbocycles. The van der Waals surface area contributed by atoms with E-state index in [0.29, 0.717) is 0 Å². The number of hydrogen-bond donors (Lipinski definition) is 1. The van der Waals surface area contributed by atoms with E-state index in [1.54, 1.807) is 0 Å². The van der Waals surface area contributed by atoms with Gasteiger partial charge in [-0.05, 0) is 27.7 Å². The van der Waals surface area contributed by atoms with Crippen LogP contribution in [0.3, 0.4) is 0 Å². The van der Waals surface area contributed by atoms with Crippen LogP contribution in [0.1, 0.15) is 33.3 Å². The Morgan fingerprint density at radius 2 is 1.55 bits per heavy atom. The lowest BCUT2D eigenvalue weighted by atomic mass is 9.92. The fourth-order valence-corrected chi connectivity index (χ4v) is 1.70. The van der Waals surface area contributed by atoms with E-state index in [9.17, 15) is 27.2 Å².